The van der Waals surface area contributed by atoms with Crippen LogP contribution in [0.4, 0.5) is 4.79 Å². The lowest BCUT2D eigenvalue weighted by Crippen LogP contribution is -2.28. The van der Waals surface area contributed by atoms with Crippen LogP contribution in [-0.4, -0.2) is 29.2 Å². The summed E-state index contributed by atoms with van der Waals surface area (Å²) in [6.07, 6.45) is 6.81. The molecule has 1 saturated heterocycles. The van der Waals surface area contributed by atoms with Crippen LogP contribution in [0.1, 0.15) is 18.1 Å². The van der Waals surface area contributed by atoms with Gasteiger partial charge in [0.05, 0.1) is 23.1 Å². The summed E-state index contributed by atoms with van der Waals surface area (Å²) in [5, 5.41) is -0.0538. The van der Waals surface area contributed by atoms with Crippen molar-refractivity contribution in [1.82, 2.24) is 4.90 Å². The fourth-order valence-corrected chi connectivity index (χ4v) is 4.07. The second-order valence-corrected chi connectivity index (χ2v) is 8.47. The van der Waals surface area contributed by atoms with E-state index in [1.54, 1.807) is 18.2 Å². The molecule has 1 aliphatic rings. The molecule has 154 valence electrons. The van der Waals surface area contributed by atoms with Crippen molar-refractivity contribution in [1.29, 1.82) is 0 Å². The van der Waals surface area contributed by atoms with Crippen LogP contribution < -0.4 is 9.47 Å². The Morgan fingerprint density at radius 2 is 1.97 bits per heavy atom. The molecule has 0 atom stereocenters. The minimum atomic E-state index is -0.424. The van der Waals surface area contributed by atoms with Gasteiger partial charge in [0.15, 0.2) is 11.5 Å². The molecule has 30 heavy (non-hydrogen) atoms. The lowest BCUT2D eigenvalue weighted by Gasteiger charge is -2.15. The summed E-state index contributed by atoms with van der Waals surface area (Å²) in [6.45, 7) is 2.52. The normalized spacial score (nSPS) is 14.9. The number of imide groups is 1. The lowest BCUT2D eigenvalue weighted by atomic mass is 10.1. The number of amides is 2. The Bertz CT molecular complexity index is 1050. The van der Waals surface area contributed by atoms with Gasteiger partial charge < -0.3 is 9.47 Å². The maximum atomic E-state index is 12.4. The van der Waals surface area contributed by atoms with E-state index in [1.165, 1.54) is 0 Å². The number of carbonyl (C=O) groups excluding carboxylic acids is 2. The van der Waals surface area contributed by atoms with Crippen LogP contribution in [0.3, 0.4) is 0 Å². The first kappa shape index (κ1) is 22.3. The van der Waals surface area contributed by atoms with Gasteiger partial charge in [0.2, 0.25) is 0 Å². The molecule has 0 aromatic heterocycles. The Hall–Kier alpha value is -2.40. The van der Waals surface area contributed by atoms with Gasteiger partial charge in [-0.1, -0.05) is 45.6 Å². The molecule has 5 nitrogen and oxygen atoms in total. The van der Waals surface area contributed by atoms with Gasteiger partial charge >= 0.3 is 0 Å². The van der Waals surface area contributed by atoms with Crippen LogP contribution in [0, 0.1) is 12.3 Å². The highest BCUT2D eigenvalue weighted by molar-refractivity contribution is 9.10. The fourth-order valence-electron chi connectivity index (χ4n) is 2.69. The summed E-state index contributed by atoms with van der Waals surface area (Å²) < 4.78 is 12.6. The van der Waals surface area contributed by atoms with E-state index in [0.717, 1.165) is 26.7 Å². The van der Waals surface area contributed by atoms with Gasteiger partial charge in [0.1, 0.15) is 6.61 Å². The number of ether oxygens (including phenoxy) is 2. The number of terminal acetylenes is 1. The topological polar surface area (TPSA) is 55.8 Å². The van der Waals surface area contributed by atoms with Crippen molar-refractivity contribution < 1.29 is 19.1 Å². The van der Waals surface area contributed by atoms with Gasteiger partial charge in [-0.2, -0.15) is 0 Å². The number of benzene rings is 2. The number of hydrogen-bond acceptors (Lipinski definition) is 5. The minimum Gasteiger partial charge on any atom is -0.490 e. The van der Waals surface area contributed by atoms with Crippen molar-refractivity contribution in [3.63, 3.8) is 0 Å². The zero-order valence-electron chi connectivity index (χ0n) is 16.0. The Morgan fingerprint density at radius 3 is 2.63 bits per heavy atom. The van der Waals surface area contributed by atoms with Crippen LogP contribution in [0.2, 0.25) is 5.02 Å². The first-order valence-corrected chi connectivity index (χ1v) is 10.9. The Labute approximate surface area is 192 Å². The molecule has 2 aromatic carbocycles. The van der Waals surface area contributed by atoms with Crippen LogP contribution >= 0.6 is 39.3 Å². The smallest absolute Gasteiger partial charge is 0.294 e. The molecule has 8 heteroatoms. The van der Waals surface area contributed by atoms with Crippen molar-refractivity contribution >= 4 is 56.5 Å². The second-order valence-electron chi connectivity index (χ2n) is 6.15. The van der Waals surface area contributed by atoms with E-state index in [2.05, 4.69) is 21.9 Å². The van der Waals surface area contributed by atoms with E-state index < -0.39 is 11.1 Å². The number of carbonyl (C=O) groups is 2. The van der Waals surface area contributed by atoms with Gasteiger partial charge in [0, 0.05) is 4.47 Å². The van der Waals surface area contributed by atoms with Crippen molar-refractivity contribution in [2.75, 3.05) is 13.2 Å². The van der Waals surface area contributed by atoms with Gasteiger partial charge in [-0.3, -0.25) is 14.5 Å². The molecule has 0 bridgehead atoms. The van der Waals surface area contributed by atoms with Crippen molar-refractivity contribution in [3.05, 3.63) is 61.9 Å². The molecule has 2 aromatic rings. The predicted molar refractivity (Wildman–Crippen MR) is 123 cm³/mol. The van der Waals surface area contributed by atoms with Crippen LogP contribution in [0.15, 0.2) is 45.8 Å². The SMILES string of the molecule is C#CCN1C(=O)S/C(=C/c2cc(Cl)c(OCc3ccc(Br)cc3)c(OCC)c2)C1=O. The third kappa shape index (κ3) is 5.20. The van der Waals surface area contributed by atoms with E-state index >= 15 is 0 Å². The first-order valence-electron chi connectivity index (χ1n) is 8.95. The molecule has 0 unspecified atom stereocenters. The zero-order chi connectivity index (χ0) is 21.7. The maximum Gasteiger partial charge on any atom is 0.294 e. The summed E-state index contributed by atoms with van der Waals surface area (Å²) in [5.41, 5.74) is 1.59. The highest BCUT2D eigenvalue weighted by Gasteiger charge is 2.34. The van der Waals surface area contributed by atoms with E-state index in [1.807, 2.05) is 31.2 Å². The summed E-state index contributed by atoms with van der Waals surface area (Å²) in [6, 6.07) is 11.1. The average molecular weight is 507 g/mol. The molecule has 2 amide bonds. The third-order valence-electron chi connectivity index (χ3n) is 4.05. The minimum absolute atomic E-state index is 0.0597. The number of thioether (sulfide) groups is 1. The van der Waals surface area contributed by atoms with Crippen molar-refractivity contribution in [2.24, 2.45) is 0 Å². The van der Waals surface area contributed by atoms with Crippen LogP contribution in [-0.2, 0) is 11.4 Å². The number of hydrogen-bond donors (Lipinski definition) is 0. The molecular formula is C22H17BrClNO4S. The molecule has 0 radical (unpaired) electrons. The molecule has 1 aliphatic heterocycles. The average Bonchev–Trinajstić information content (AvgIpc) is 2.97. The van der Waals surface area contributed by atoms with Crippen molar-refractivity contribution in [2.45, 2.75) is 13.5 Å². The maximum absolute atomic E-state index is 12.4. The third-order valence-corrected chi connectivity index (χ3v) is 5.77. The van der Waals surface area contributed by atoms with E-state index in [0.29, 0.717) is 35.3 Å². The number of rotatable bonds is 7. The van der Waals surface area contributed by atoms with Gasteiger partial charge in [-0.15, -0.1) is 6.42 Å². The van der Waals surface area contributed by atoms with Gasteiger partial charge in [-0.05, 0) is 60.2 Å². The highest BCUT2D eigenvalue weighted by Crippen LogP contribution is 2.39. The molecule has 0 aliphatic carbocycles. The van der Waals surface area contributed by atoms with Crippen molar-refractivity contribution in [3.8, 4) is 23.8 Å². The Balaban J connectivity index is 1.86. The molecule has 3 rings (SSSR count). The van der Waals surface area contributed by atoms with E-state index in [4.69, 9.17) is 27.5 Å². The van der Waals surface area contributed by atoms with Crippen LogP contribution in [0.25, 0.3) is 6.08 Å². The fraction of sp³-hybridized carbons (Fsp3) is 0.182. The van der Waals surface area contributed by atoms with E-state index in [9.17, 15) is 9.59 Å². The van der Waals surface area contributed by atoms with Gasteiger partial charge in [0.25, 0.3) is 11.1 Å². The Kier molecular flexibility index (Phi) is 7.48. The van der Waals surface area contributed by atoms with Gasteiger partial charge in [-0.25, -0.2) is 0 Å². The number of nitrogens with zero attached hydrogens (tertiary/aromatic N) is 1. The molecule has 0 N–H and O–H groups in total. The molecule has 0 saturated carbocycles. The second kappa shape index (κ2) is 10.1. The molecule has 1 fully saturated rings. The molecular weight excluding hydrogens is 490 g/mol. The molecule has 1 heterocycles. The predicted octanol–water partition coefficient (Wildman–Crippen LogP) is 5.75. The summed E-state index contributed by atoms with van der Waals surface area (Å²) in [7, 11) is 0. The quantitative estimate of drug-likeness (QED) is 0.353. The largest absolute Gasteiger partial charge is 0.490 e. The monoisotopic (exact) mass is 505 g/mol. The summed E-state index contributed by atoms with van der Waals surface area (Å²) in [4.78, 5) is 25.6. The number of halogens is 2. The van der Waals surface area contributed by atoms with Crippen LogP contribution in [0.5, 0.6) is 11.5 Å². The van der Waals surface area contributed by atoms with E-state index in [-0.39, 0.29) is 11.4 Å². The highest BCUT2D eigenvalue weighted by atomic mass is 79.9. The summed E-state index contributed by atoms with van der Waals surface area (Å²) >= 11 is 10.7. The Morgan fingerprint density at radius 1 is 1.23 bits per heavy atom. The first-order chi connectivity index (χ1) is 14.4. The standard InChI is InChI=1S/C22H17BrClNO4S/c1-3-9-25-21(26)19(30-22(25)27)12-15-10-17(24)20(18(11-15)28-4-2)29-13-14-5-7-16(23)8-6-14/h1,5-8,10-12H,4,9,13H2,2H3/b19-12+. The molecule has 0 spiro atoms. The summed E-state index contributed by atoms with van der Waals surface area (Å²) in [5.74, 6) is 2.76. The lowest BCUT2D eigenvalue weighted by molar-refractivity contribution is -0.122. The zero-order valence-corrected chi connectivity index (χ0v) is 19.1.